The number of hydrogen-bond acceptors (Lipinski definition) is 4. The van der Waals surface area contributed by atoms with Gasteiger partial charge < -0.3 is 16.3 Å². The molecule has 1 heterocycles. The van der Waals surface area contributed by atoms with Crippen LogP contribution in [0.15, 0.2) is 35.5 Å². The molecule has 2 rings (SSSR count). The van der Waals surface area contributed by atoms with Crippen LogP contribution in [0.5, 0.6) is 0 Å². The topological polar surface area (TPSA) is 73.9 Å². The lowest BCUT2D eigenvalue weighted by Gasteiger charge is -2.34. The molecule has 1 aromatic rings. The molecule has 1 aliphatic rings. The van der Waals surface area contributed by atoms with Crippen LogP contribution in [0.2, 0.25) is 0 Å². The fraction of sp³-hybridized carbons (Fsp3) is 0.562. The monoisotopic (exact) mass is 290 g/mol. The van der Waals surface area contributed by atoms with Crippen LogP contribution in [0.3, 0.4) is 0 Å². The number of amidine groups is 1. The molecule has 4 N–H and O–H groups in total. The van der Waals surface area contributed by atoms with Crippen LogP contribution in [0.1, 0.15) is 31.7 Å². The lowest BCUT2D eigenvalue weighted by molar-refractivity contribution is 0.177. The molecule has 1 fully saturated rings. The summed E-state index contributed by atoms with van der Waals surface area (Å²) in [6.45, 7) is 5.29. The molecule has 5 nitrogen and oxygen atoms in total. The van der Waals surface area contributed by atoms with Crippen molar-refractivity contribution in [2.24, 2.45) is 10.9 Å². The molecule has 2 atom stereocenters. The maximum absolute atomic E-state index is 8.62. The van der Waals surface area contributed by atoms with Crippen LogP contribution in [0, 0.1) is 0 Å². The minimum absolute atomic E-state index is 0.225. The Balaban J connectivity index is 1.80. The summed E-state index contributed by atoms with van der Waals surface area (Å²) >= 11 is 0. The number of rotatable bonds is 6. The van der Waals surface area contributed by atoms with Crippen molar-refractivity contribution >= 4 is 5.84 Å². The average molecular weight is 290 g/mol. The zero-order chi connectivity index (χ0) is 15.1. The molecule has 21 heavy (non-hydrogen) atoms. The first-order valence-corrected chi connectivity index (χ1v) is 7.66. The third kappa shape index (κ3) is 5.36. The van der Waals surface area contributed by atoms with Crippen LogP contribution in [-0.4, -0.2) is 41.1 Å². The van der Waals surface area contributed by atoms with Gasteiger partial charge in [-0.2, -0.15) is 0 Å². The second kappa shape index (κ2) is 8.00. The molecule has 0 aliphatic carbocycles. The molecule has 0 bridgehead atoms. The van der Waals surface area contributed by atoms with E-state index < -0.39 is 0 Å². The molecule has 0 spiro atoms. The van der Waals surface area contributed by atoms with Gasteiger partial charge in [-0.05, 0) is 31.9 Å². The van der Waals surface area contributed by atoms with Crippen LogP contribution >= 0.6 is 0 Å². The fourth-order valence-electron chi connectivity index (χ4n) is 2.99. The molecule has 0 saturated carbocycles. The quantitative estimate of drug-likeness (QED) is 0.323. The van der Waals surface area contributed by atoms with Crippen LogP contribution < -0.4 is 11.1 Å². The Morgan fingerprint density at radius 2 is 2.24 bits per heavy atom. The Hall–Kier alpha value is -1.59. The van der Waals surface area contributed by atoms with Crippen molar-refractivity contribution in [1.82, 2.24) is 10.2 Å². The minimum Gasteiger partial charge on any atom is -0.409 e. The highest BCUT2D eigenvalue weighted by Crippen LogP contribution is 2.14. The maximum atomic E-state index is 8.62. The van der Waals surface area contributed by atoms with Crippen molar-refractivity contribution in [2.75, 3.05) is 13.1 Å². The Bertz CT molecular complexity index is 449. The lowest BCUT2D eigenvalue weighted by atomic mass is 10.0. The van der Waals surface area contributed by atoms with Gasteiger partial charge in [0, 0.05) is 31.6 Å². The van der Waals surface area contributed by atoms with Crippen molar-refractivity contribution in [3.05, 3.63) is 35.9 Å². The van der Waals surface area contributed by atoms with E-state index in [9.17, 15) is 0 Å². The zero-order valence-electron chi connectivity index (χ0n) is 12.7. The summed E-state index contributed by atoms with van der Waals surface area (Å²) in [6, 6.07) is 11.3. The maximum Gasteiger partial charge on any atom is 0.140 e. The molecule has 5 heteroatoms. The number of nitrogens with one attached hydrogen (secondary N) is 1. The molecular weight excluding hydrogens is 264 g/mol. The van der Waals surface area contributed by atoms with Gasteiger partial charge in [0.05, 0.1) is 0 Å². The summed E-state index contributed by atoms with van der Waals surface area (Å²) in [5.74, 6) is 0.284. The Labute approximate surface area is 126 Å². The Morgan fingerprint density at radius 1 is 1.48 bits per heavy atom. The average Bonchev–Trinajstić information content (AvgIpc) is 2.48. The second-order valence-electron chi connectivity index (χ2n) is 5.92. The van der Waals surface area contributed by atoms with Crippen LogP contribution in [0.25, 0.3) is 0 Å². The van der Waals surface area contributed by atoms with E-state index in [2.05, 4.69) is 52.6 Å². The van der Waals surface area contributed by atoms with Gasteiger partial charge in [0.15, 0.2) is 0 Å². The van der Waals surface area contributed by atoms with Crippen LogP contribution in [0.4, 0.5) is 0 Å². The molecule has 2 unspecified atom stereocenters. The summed E-state index contributed by atoms with van der Waals surface area (Å²) < 4.78 is 0. The van der Waals surface area contributed by atoms with E-state index in [1.807, 2.05) is 0 Å². The first kappa shape index (κ1) is 15.8. The largest absolute Gasteiger partial charge is 0.409 e. The predicted octanol–water partition coefficient (Wildman–Crippen LogP) is 1.77. The zero-order valence-corrected chi connectivity index (χ0v) is 12.7. The van der Waals surface area contributed by atoms with Gasteiger partial charge in [-0.1, -0.05) is 35.5 Å². The summed E-state index contributed by atoms with van der Waals surface area (Å²) in [6.07, 6.45) is 2.97. The molecule has 116 valence electrons. The number of hydrogen-bond donors (Lipinski definition) is 3. The van der Waals surface area contributed by atoms with Crippen molar-refractivity contribution in [1.29, 1.82) is 0 Å². The summed E-state index contributed by atoms with van der Waals surface area (Å²) in [5.41, 5.74) is 6.92. The van der Waals surface area contributed by atoms with Crippen molar-refractivity contribution in [2.45, 2.75) is 44.8 Å². The van der Waals surface area contributed by atoms with E-state index in [1.54, 1.807) is 0 Å². The molecular formula is C16H26N4O. The molecule has 0 amide bonds. The summed E-state index contributed by atoms with van der Waals surface area (Å²) in [4.78, 5) is 2.49. The number of nitrogens with zero attached hydrogens (tertiary/aromatic N) is 2. The highest BCUT2D eigenvalue weighted by molar-refractivity contribution is 5.80. The predicted molar refractivity (Wildman–Crippen MR) is 85.4 cm³/mol. The van der Waals surface area contributed by atoms with E-state index in [0.717, 1.165) is 19.6 Å². The van der Waals surface area contributed by atoms with Gasteiger partial charge in [-0.15, -0.1) is 0 Å². The SMILES string of the molecule is CC(CC(N)=NO)NC1CCCN(Cc2ccccc2)C1. The van der Waals surface area contributed by atoms with Crippen LogP contribution in [-0.2, 0) is 6.54 Å². The standard InChI is InChI=1S/C16H26N4O/c1-13(10-16(17)19-21)18-15-8-5-9-20(12-15)11-14-6-3-2-4-7-14/h2-4,6-7,13,15,18,21H,5,8-12H2,1H3,(H2,17,19). The lowest BCUT2D eigenvalue weighted by Crippen LogP contribution is -2.48. The van der Waals surface area contributed by atoms with Gasteiger partial charge in [0.2, 0.25) is 0 Å². The number of piperidine rings is 1. The summed E-state index contributed by atoms with van der Waals surface area (Å²) in [5, 5.41) is 15.2. The van der Waals surface area contributed by atoms with Gasteiger partial charge in [-0.3, -0.25) is 4.90 Å². The van der Waals surface area contributed by atoms with Crippen molar-refractivity contribution < 1.29 is 5.21 Å². The molecule has 1 aromatic carbocycles. The minimum atomic E-state index is 0.225. The van der Waals surface area contributed by atoms with Gasteiger partial charge in [0.1, 0.15) is 5.84 Å². The molecule has 1 saturated heterocycles. The summed E-state index contributed by atoms with van der Waals surface area (Å²) in [7, 11) is 0. The highest BCUT2D eigenvalue weighted by atomic mass is 16.4. The Kier molecular flexibility index (Phi) is 6.02. The first-order chi connectivity index (χ1) is 10.2. The number of benzene rings is 1. The van der Waals surface area contributed by atoms with Crippen molar-refractivity contribution in [3.63, 3.8) is 0 Å². The normalized spacial score (nSPS) is 22.1. The molecule has 0 radical (unpaired) electrons. The van der Waals surface area contributed by atoms with Gasteiger partial charge in [0.25, 0.3) is 0 Å². The molecule has 0 aromatic heterocycles. The third-order valence-corrected chi connectivity index (χ3v) is 3.92. The van der Waals surface area contributed by atoms with E-state index in [-0.39, 0.29) is 11.9 Å². The second-order valence-corrected chi connectivity index (χ2v) is 5.92. The van der Waals surface area contributed by atoms with Gasteiger partial charge >= 0.3 is 0 Å². The Morgan fingerprint density at radius 3 is 2.95 bits per heavy atom. The first-order valence-electron chi connectivity index (χ1n) is 7.66. The molecule has 1 aliphatic heterocycles. The van der Waals surface area contributed by atoms with Crippen molar-refractivity contribution in [3.8, 4) is 0 Å². The number of likely N-dealkylation sites (tertiary alicyclic amines) is 1. The smallest absolute Gasteiger partial charge is 0.140 e. The third-order valence-electron chi connectivity index (χ3n) is 3.92. The highest BCUT2D eigenvalue weighted by Gasteiger charge is 2.21. The fourth-order valence-corrected chi connectivity index (χ4v) is 2.99. The number of oxime groups is 1. The number of nitrogens with two attached hydrogens (primary N) is 1. The van der Waals surface area contributed by atoms with E-state index in [1.165, 1.54) is 18.4 Å². The van der Waals surface area contributed by atoms with E-state index >= 15 is 0 Å². The van der Waals surface area contributed by atoms with E-state index in [0.29, 0.717) is 12.5 Å². The van der Waals surface area contributed by atoms with E-state index in [4.69, 9.17) is 10.9 Å². The van der Waals surface area contributed by atoms with Gasteiger partial charge in [-0.25, -0.2) is 0 Å².